The maximum Gasteiger partial charge on any atom is 0.416 e. The average Bonchev–Trinajstić information content (AvgIpc) is 2.47. The quantitative estimate of drug-likeness (QED) is 0.839. The lowest BCUT2D eigenvalue weighted by atomic mass is 9.96. The fourth-order valence-corrected chi connectivity index (χ4v) is 2.12. The van der Waals surface area contributed by atoms with Crippen molar-refractivity contribution in [1.29, 1.82) is 0 Å². The summed E-state index contributed by atoms with van der Waals surface area (Å²) in [6.07, 6.45) is -4.14. The Morgan fingerprint density at radius 1 is 1.00 bits per heavy atom. The third-order valence-corrected chi connectivity index (χ3v) is 3.38. The SMILES string of the molecule is CN(C)C(=O)Cc1ccccc1-c1ccc(C(F)(F)F)cc1. The number of likely N-dealkylation sites (N-methyl/N-ethyl adjacent to an activating group) is 1. The van der Waals surface area contributed by atoms with E-state index in [1.807, 2.05) is 12.1 Å². The summed E-state index contributed by atoms with van der Waals surface area (Å²) in [7, 11) is 3.34. The third-order valence-electron chi connectivity index (χ3n) is 3.38. The molecule has 0 radical (unpaired) electrons. The van der Waals surface area contributed by atoms with Gasteiger partial charge in [-0.25, -0.2) is 0 Å². The van der Waals surface area contributed by atoms with Crippen molar-refractivity contribution in [2.45, 2.75) is 12.6 Å². The number of amides is 1. The summed E-state index contributed by atoms with van der Waals surface area (Å²) in [5, 5.41) is 0. The number of alkyl halides is 3. The van der Waals surface area contributed by atoms with Gasteiger partial charge in [-0.2, -0.15) is 13.2 Å². The minimum Gasteiger partial charge on any atom is -0.349 e. The molecule has 0 bridgehead atoms. The molecule has 2 aromatic carbocycles. The molecule has 0 N–H and O–H groups in total. The largest absolute Gasteiger partial charge is 0.416 e. The topological polar surface area (TPSA) is 20.3 Å². The molecular formula is C17H16F3NO. The van der Waals surface area contributed by atoms with Crippen LogP contribution in [0.1, 0.15) is 11.1 Å². The van der Waals surface area contributed by atoms with Crippen LogP contribution in [0.5, 0.6) is 0 Å². The van der Waals surface area contributed by atoms with Crippen molar-refractivity contribution in [2.24, 2.45) is 0 Å². The Labute approximate surface area is 127 Å². The second-order valence-electron chi connectivity index (χ2n) is 5.20. The van der Waals surface area contributed by atoms with Gasteiger partial charge in [-0.3, -0.25) is 4.79 Å². The van der Waals surface area contributed by atoms with Crippen LogP contribution in [0.4, 0.5) is 13.2 Å². The Bertz CT molecular complexity index is 660. The first kappa shape index (κ1) is 16.1. The van der Waals surface area contributed by atoms with E-state index < -0.39 is 11.7 Å². The molecule has 116 valence electrons. The van der Waals surface area contributed by atoms with Crippen molar-refractivity contribution in [1.82, 2.24) is 4.90 Å². The zero-order chi connectivity index (χ0) is 16.3. The molecule has 0 atom stereocenters. The summed E-state index contributed by atoms with van der Waals surface area (Å²) in [6, 6.07) is 12.2. The van der Waals surface area contributed by atoms with Gasteiger partial charge in [-0.15, -0.1) is 0 Å². The molecule has 0 saturated heterocycles. The molecule has 0 unspecified atom stereocenters. The van der Waals surface area contributed by atoms with Crippen LogP contribution in [-0.4, -0.2) is 24.9 Å². The number of hydrogen-bond acceptors (Lipinski definition) is 1. The molecule has 0 spiro atoms. The van der Waals surface area contributed by atoms with Gasteiger partial charge in [0, 0.05) is 14.1 Å². The van der Waals surface area contributed by atoms with Crippen molar-refractivity contribution in [2.75, 3.05) is 14.1 Å². The van der Waals surface area contributed by atoms with Gasteiger partial charge < -0.3 is 4.90 Å². The number of carbonyl (C=O) groups is 1. The molecule has 0 aliphatic heterocycles. The monoisotopic (exact) mass is 307 g/mol. The van der Waals surface area contributed by atoms with Crippen LogP contribution in [-0.2, 0) is 17.4 Å². The summed E-state index contributed by atoms with van der Waals surface area (Å²) in [4.78, 5) is 13.3. The lowest BCUT2D eigenvalue weighted by Crippen LogP contribution is -2.23. The van der Waals surface area contributed by atoms with Crippen molar-refractivity contribution in [3.05, 3.63) is 59.7 Å². The van der Waals surface area contributed by atoms with Gasteiger partial charge in [0.15, 0.2) is 0 Å². The highest BCUT2D eigenvalue weighted by Gasteiger charge is 2.30. The second kappa shape index (κ2) is 6.22. The van der Waals surface area contributed by atoms with Crippen molar-refractivity contribution < 1.29 is 18.0 Å². The van der Waals surface area contributed by atoms with Gasteiger partial charge in [0.2, 0.25) is 5.91 Å². The molecule has 0 aromatic heterocycles. The summed E-state index contributed by atoms with van der Waals surface area (Å²) in [6.45, 7) is 0. The summed E-state index contributed by atoms with van der Waals surface area (Å²) in [5.74, 6) is -0.0561. The van der Waals surface area contributed by atoms with E-state index in [1.54, 1.807) is 26.2 Å². The highest BCUT2D eigenvalue weighted by atomic mass is 19.4. The molecule has 1 amide bonds. The van der Waals surface area contributed by atoms with Crippen LogP contribution >= 0.6 is 0 Å². The summed E-state index contributed by atoms with van der Waals surface area (Å²) >= 11 is 0. The van der Waals surface area contributed by atoms with E-state index in [2.05, 4.69) is 0 Å². The zero-order valence-electron chi connectivity index (χ0n) is 12.3. The van der Waals surface area contributed by atoms with Crippen LogP contribution in [0.2, 0.25) is 0 Å². The first-order valence-electron chi connectivity index (χ1n) is 6.74. The first-order chi connectivity index (χ1) is 10.3. The molecule has 22 heavy (non-hydrogen) atoms. The minimum atomic E-state index is -4.35. The summed E-state index contributed by atoms with van der Waals surface area (Å²) < 4.78 is 37.8. The van der Waals surface area contributed by atoms with Gasteiger partial charge in [0.05, 0.1) is 12.0 Å². The van der Waals surface area contributed by atoms with E-state index in [0.717, 1.165) is 23.3 Å². The Morgan fingerprint density at radius 3 is 2.14 bits per heavy atom. The van der Waals surface area contributed by atoms with Crippen molar-refractivity contribution >= 4 is 5.91 Å². The highest BCUT2D eigenvalue weighted by molar-refractivity contribution is 5.81. The summed E-state index contributed by atoms with van der Waals surface area (Å²) in [5.41, 5.74) is 1.54. The molecule has 0 saturated carbocycles. The predicted octanol–water partition coefficient (Wildman–Crippen LogP) is 4.00. The van der Waals surface area contributed by atoms with Crippen LogP contribution < -0.4 is 0 Å². The van der Waals surface area contributed by atoms with Gasteiger partial charge in [0.1, 0.15) is 0 Å². The number of nitrogens with zero attached hydrogens (tertiary/aromatic N) is 1. The number of benzene rings is 2. The predicted molar refractivity (Wildman–Crippen MR) is 79.3 cm³/mol. The fraction of sp³-hybridized carbons (Fsp3) is 0.235. The standard InChI is InChI=1S/C17H16F3NO/c1-21(2)16(22)11-13-5-3-4-6-15(13)12-7-9-14(10-8-12)17(18,19)20/h3-10H,11H2,1-2H3. The van der Waals surface area contributed by atoms with Gasteiger partial charge in [0.25, 0.3) is 0 Å². The lowest BCUT2D eigenvalue weighted by Gasteiger charge is -2.14. The van der Waals surface area contributed by atoms with Gasteiger partial charge >= 0.3 is 6.18 Å². The zero-order valence-corrected chi connectivity index (χ0v) is 12.3. The average molecular weight is 307 g/mol. The molecule has 5 heteroatoms. The number of halogens is 3. The molecule has 0 heterocycles. The molecular weight excluding hydrogens is 291 g/mol. The Balaban J connectivity index is 2.35. The van der Waals surface area contributed by atoms with Crippen molar-refractivity contribution in [3.8, 4) is 11.1 Å². The highest BCUT2D eigenvalue weighted by Crippen LogP contribution is 2.32. The Hall–Kier alpha value is -2.30. The molecule has 0 aliphatic rings. The fourth-order valence-electron chi connectivity index (χ4n) is 2.12. The first-order valence-corrected chi connectivity index (χ1v) is 6.74. The van der Waals surface area contributed by atoms with Crippen LogP contribution in [0.15, 0.2) is 48.5 Å². The molecule has 0 aliphatic carbocycles. The third kappa shape index (κ3) is 3.67. The smallest absolute Gasteiger partial charge is 0.349 e. The van der Waals surface area contributed by atoms with E-state index >= 15 is 0 Å². The van der Waals surface area contributed by atoms with E-state index in [-0.39, 0.29) is 12.3 Å². The maximum absolute atomic E-state index is 12.6. The van der Waals surface area contributed by atoms with E-state index in [9.17, 15) is 18.0 Å². The number of rotatable bonds is 3. The number of carbonyl (C=O) groups excluding carboxylic acids is 1. The van der Waals surface area contributed by atoms with Crippen LogP contribution in [0.3, 0.4) is 0 Å². The van der Waals surface area contributed by atoms with Crippen LogP contribution in [0, 0.1) is 0 Å². The van der Waals surface area contributed by atoms with E-state index in [1.165, 1.54) is 17.0 Å². The van der Waals surface area contributed by atoms with Gasteiger partial charge in [-0.1, -0.05) is 36.4 Å². The lowest BCUT2D eigenvalue weighted by molar-refractivity contribution is -0.137. The molecule has 0 fully saturated rings. The minimum absolute atomic E-state index is 0.0561. The Kier molecular flexibility index (Phi) is 4.54. The maximum atomic E-state index is 12.6. The molecule has 2 rings (SSSR count). The number of hydrogen-bond donors (Lipinski definition) is 0. The van der Waals surface area contributed by atoms with Crippen molar-refractivity contribution in [3.63, 3.8) is 0 Å². The second-order valence-corrected chi connectivity index (χ2v) is 5.20. The van der Waals surface area contributed by atoms with E-state index in [0.29, 0.717) is 5.56 Å². The molecule has 2 nitrogen and oxygen atoms in total. The normalized spacial score (nSPS) is 11.3. The van der Waals surface area contributed by atoms with E-state index in [4.69, 9.17) is 0 Å². The molecule has 2 aromatic rings. The Morgan fingerprint density at radius 2 is 1.59 bits per heavy atom. The van der Waals surface area contributed by atoms with Crippen LogP contribution in [0.25, 0.3) is 11.1 Å². The van der Waals surface area contributed by atoms with Gasteiger partial charge in [-0.05, 0) is 28.8 Å².